The number of thioether (sulfide) groups is 1. The Morgan fingerprint density at radius 2 is 2.10 bits per heavy atom. The largest absolute Gasteiger partial charge is 0.316 e. The Kier molecular flexibility index (Phi) is 5.24. The van der Waals surface area contributed by atoms with Crippen molar-refractivity contribution < 1.29 is 0 Å². The zero-order valence-corrected chi connectivity index (χ0v) is 14.2. The van der Waals surface area contributed by atoms with Gasteiger partial charge in [0.1, 0.15) is 5.01 Å². The van der Waals surface area contributed by atoms with Crippen molar-refractivity contribution >= 4 is 23.1 Å². The van der Waals surface area contributed by atoms with E-state index in [-0.39, 0.29) is 5.41 Å². The van der Waals surface area contributed by atoms with Crippen LogP contribution in [0.3, 0.4) is 0 Å². The Balaban J connectivity index is 1.98. The lowest BCUT2D eigenvalue weighted by Crippen LogP contribution is -2.11. The molecule has 1 aromatic carbocycles. The summed E-state index contributed by atoms with van der Waals surface area (Å²) in [6, 6.07) is 8.70. The summed E-state index contributed by atoms with van der Waals surface area (Å²) in [5.41, 5.74) is 2.67. The Morgan fingerprint density at radius 3 is 2.75 bits per heavy atom. The fourth-order valence-electron chi connectivity index (χ4n) is 1.82. The summed E-state index contributed by atoms with van der Waals surface area (Å²) >= 11 is 3.62. The molecule has 0 saturated heterocycles. The Labute approximate surface area is 130 Å². The predicted molar refractivity (Wildman–Crippen MR) is 89.6 cm³/mol. The number of nitrogens with zero attached hydrogens (tertiary/aromatic N) is 1. The van der Waals surface area contributed by atoms with Crippen molar-refractivity contribution in [1.29, 1.82) is 0 Å². The Bertz CT molecular complexity index is 556. The van der Waals surface area contributed by atoms with Gasteiger partial charge >= 0.3 is 0 Å². The Morgan fingerprint density at radius 1 is 1.30 bits per heavy atom. The molecule has 0 amide bonds. The van der Waals surface area contributed by atoms with Crippen molar-refractivity contribution in [2.45, 2.75) is 43.4 Å². The molecule has 0 radical (unpaired) electrons. The summed E-state index contributed by atoms with van der Waals surface area (Å²) in [4.78, 5) is 6.05. The fraction of sp³-hybridized carbons (Fsp3) is 0.438. The molecule has 0 saturated carbocycles. The van der Waals surface area contributed by atoms with E-state index in [1.54, 1.807) is 11.3 Å². The number of rotatable bonds is 5. The van der Waals surface area contributed by atoms with Crippen LogP contribution in [0.1, 0.15) is 37.0 Å². The topological polar surface area (TPSA) is 24.9 Å². The van der Waals surface area contributed by atoms with Crippen molar-refractivity contribution in [3.05, 3.63) is 45.9 Å². The molecule has 1 N–H and O–H groups in total. The van der Waals surface area contributed by atoms with Crippen molar-refractivity contribution in [1.82, 2.24) is 10.3 Å². The van der Waals surface area contributed by atoms with E-state index in [4.69, 9.17) is 4.98 Å². The molecule has 1 aromatic heterocycles. The SMILES string of the molecule is CNCc1cccc(SCc2nc(C(C)(C)C)cs2)c1. The van der Waals surface area contributed by atoms with Gasteiger partial charge in [-0.15, -0.1) is 23.1 Å². The molecular weight excluding hydrogens is 284 g/mol. The standard InChI is InChI=1S/C16H22N2S2/c1-16(2,3)14-10-20-15(18-14)11-19-13-7-5-6-12(8-13)9-17-4/h5-8,10,17H,9,11H2,1-4H3. The van der Waals surface area contributed by atoms with Crippen LogP contribution in [0.5, 0.6) is 0 Å². The number of benzene rings is 1. The molecule has 1 heterocycles. The Hall–Kier alpha value is -0.840. The first-order valence-corrected chi connectivity index (χ1v) is 8.67. The molecule has 0 bridgehead atoms. The van der Waals surface area contributed by atoms with Crippen molar-refractivity contribution in [2.24, 2.45) is 0 Å². The number of aromatic nitrogens is 1. The van der Waals surface area contributed by atoms with E-state index >= 15 is 0 Å². The third-order valence-corrected chi connectivity index (χ3v) is 5.00. The zero-order valence-electron chi connectivity index (χ0n) is 12.6. The molecule has 20 heavy (non-hydrogen) atoms. The second-order valence-electron chi connectivity index (χ2n) is 5.84. The van der Waals surface area contributed by atoms with E-state index in [0.717, 1.165) is 12.3 Å². The van der Waals surface area contributed by atoms with Crippen LogP contribution >= 0.6 is 23.1 Å². The maximum absolute atomic E-state index is 4.74. The lowest BCUT2D eigenvalue weighted by Gasteiger charge is -2.14. The van der Waals surface area contributed by atoms with Crippen LogP contribution in [-0.4, -0.2) is 12.0 Å². The first kappa shape index (κ1) is 15.5. The van der Waals surface area contributed by atoms with Gasteiger partial charge in [0.2, 0.25) is 0 Å². The van der Waals surface area contributed by atoms with E-state index in [1.165, 1.54) is 21.2 Å². The van der Waals surface area contributed by atoms with Crippen LogP contribution in [0.4, 0.5) is 0 Å². The highest BCUT2D eigenvalue weighted by Crippen LogP contribution is 2.28. The number of nitrogens with one attached hydrogen (secondary N) is 1. The maximum atomic E-state index is 4.74. The van der Waals surface area contributed by atoms with Crippen molar-refractivity contribution in [3.8, 4) is 0 Å². The fourth-order valence-corrected chi connectivity index (χ4v) is 3.83. The monoisotopic (exact) mass is 306 g/mol. The molecule has 0 spiro atoms. The molecule has 108 valence electrons. The van der Waals surface area contributed by atoms with Gasteiger partial charge in [-0.3, -0.25) is 0 Å². The van der Waals surface area contributed by atoms with Crippen LogP contribution in [0.25, 0.3) is 0 Å². The van der Waals surface area contributed by atoms with E-state index in [2.05, 4.69) is 55.7 Å². The highest BCUT2D eigenvalue weighted by molar-refractivity contribution is 7.98. The minimum absolute atomic E-state index is 0.145. The number of hydrogen-bond acceptors (Lipinski definition) is 4. The van der Waals surface area contributed by atoms with Crippen LogP contribution in [0.2, 0.25) is 0 Å². The van der Waals surface area contributed by atoms with Gasteiger partial charge in [-0.1, -0.05) is 32.9 Å². The summed E-state index contributed by atoms with van der Waals surface area (Å²) < 4.78 is 0. The molecule has 2 nitrogen and oxygen atoms in total. The molecule has 0 fully saturated rings. The molecule has 2 aromatic rings. The van der Waals surface area contributed by atoms with Crippen LogP contribution < -0.4 is 5.32 Å². The average Bonchev–Trinajstić information content (AvgIpc) is 2.86. The van der Waals surface area contributed by atoms with Gasteiger partial charge in [0, 0.05) is 22.2 Å². The average molecular weight is 306 g/mol. The second-order valence-corrected chi connectivity index (χ2v) is 7.83. The summed E-state index contributed by atoms with van der Waals surface area (Å²) in [6.07, 6.45) is 0. The van der Waals surface area contributed by atoms with Crippen LogP contribution in [0, 0.1) is 0 Å². The smallest absolute Gasteiger partial charge is 0.103 e. The molecule has 2 rings (SSSR count). The van der Waals surface area contributed by atoms with Crippen molar-refractivity contribution in [3.63, 3.8) is 0 Å². The molecule has 0 atom stereocenters. The van der Waals surface area contributed by atoms with E-state index in [0.29, 0.717) is 0 Å². The van der Waals surface area contributed by atoms with Gasteiger partial charge in [0.05, 0.1) is 11.4 Å². The second kappa shape index (κ2) is 6.74. The highest BCUT2D eigenvalue weighted by atomic mass is 32.2. The highest BCUT2D eigenvalue weighted by Gasteiger charge is 2.17. The van der Waals surface area contributed by atoms with E-state index in [9.17, 15) is 0 Å². The van der Waals surface area contributed by atoms with Crippen LogP contribution in [0.15, 0.2) is 34.5 Å². The summed E-state index contributed by atoms with van der Waals surface area (Å²) in [5, 5.41) is 6.58. The molecule has 0 unspecified atom stereocenters. The van der Waals surface area contributed by atoms with Gasteiger partial charge in [-0.05, 0) is 24.7 Å². The molecule has 0 aliphatic heterocycles. The van der Waals surface area contributed by atoms with Crippen molar-refractivity contribution in [2.75, 3.05) is 7.05 Å². The quantitative estimate of drug-likeness (QED) is 0.826. The minimum Gasteiger partial charge on any atom is -0.316 e. The normalized spacial score (nSPS) is 11.8. The van der Waals surface area contributed by atoms with Gasteiger partial charge in [-0.2, -0.15) is 0 Å². The first-order chi connectivity index (χ1) is 9.49. The predicted octanol–water partition coefficient (Wildman–Crippen LogP) is 4.45. The zero-order chi connectivity index (χ0) is 14.6. The van der Waals surface area contributed by atoms with Gasteiger partial charge in [0.15, 0.2) is 0 Å². The van der Waals surface area contributed by atoms with Gasteiger partial charge in [0.25, 0.3) is 0 Å². The molecule has 4 heteroatoms. The van der Waals surface area contributed by atoms with E-state index < -0.39 is 0 Å². The molecule has 0 aliphatic carbocycles. The third-order valence-electron chi connectivity index (χ3n) is 2.96. The number of thiazole rings is 1. The summed E-state index contributed by atoms with van der Waals surface area (Å²) in [7, 11) is 1.98. The third kappa shape index (κ3) is 4.33. The lowest BCUT2D eigenvalue weighted by molar-refractivity contribution is 0.572. The maximum Gasteiger partial charge on any atom is 0.103 e. The lowest BCUT2D eigenvalue weighted by atomic mass is 9.93. The van der Waals surface area contributed by atoms with Gasteiger partial charge < -0.3 is 5.32 Å². The molecular formula is C16H22N2S2. The summed E-state index contributed by atoms with van der Waals surface area (Å²) in [6.45, 7) is 7.54. The molecule has 0 aliphatic rings. The van der Waals surface area contributed by atoms with E-state index in [1.807, 2.05) is 18.8 Å². The minimum atomic E-state index is 0.145. The summed E-state index contributed by atoms with van der Waals surface area (Å²) in [5.74, 6) is 0.948. The van der Waals surface area contributed by atoms with Crippen LogP contribution in [-0.2, 0) is 17.7 Å². The van der Waals surface area contributed by atoms with Gasteiger partial charge in [-0.25, -0.2) is 4.98 Å². The first-order valence-electron chi connectivity index (χ1n) is 6.80. The number of hydrogen-bond donors (Lipinski definition) is 1.